The molecule has 0 saturated heterocycles. The maximum absolute atomic E-state index is 12.8. The summed E-state index contributed by atoms with van der Waals surface area (Å²) < 4.78 is 16.8. The van der Waals surface area contributed by atoms with Crippen LogP contribution in [0.25, 0.3) is 0 Å². The third-order valence-electron chi connectivity index (χ3n) is 12.6. The molecule has 0 spiro atoms. The van der Waals surface area contributed by atoms with Gasteiger partial charge in [0, 0.05) is 45.7 Å². The molecule has 0 fully saturated rings. The van der Waals surface area contributed by atoms with Crippen LogP contribution < -0.4 is 10.6 Å². The third kappa shape index (κ3) is 49.6. The van der Waals surface area contributed by atoms with E-state index in [0.29, 0.717) is 45.1 Å². The molecule has 0 unspecified atom stereocenters. The van der Waals surface area contributed by atoms with Crippen LogP contribution in [0.15, 0.2) is 0 Å². The average molecular weight is 954 g/mol. The summed E-state index contributed by atoms with van der Waals surface area (Å²) in [7, 11) is 1.60. The Morgan fingerprint density at radius 1 is 0.379 bits per heavy atom. The van der Waals surface area contributed by atoms with Gasteiger partial charge in [0.25, 0.3) is 0 Å². The molecule has 0 bridgehead atoms. The van der Waals surface area contributed by atoms with E-state index in [2.05, 4.69) is 30.2 Å². The van der Waals surface area contributed by atoms with Crippen molar-refractivity contribution in [3.63, 3.8) is 0 Å². The Morgan fingerprint density at radius 3 is 1.06 bits per heavy atom. The van der Waals surface area contributed by atoms with Crippen LogP contribution in [-0.2, 0) is 38.2 Å². The van der Waals surface area contributed by atoms with Crippen LogP contribution in [0.4, 0.5) is 0 Å². The third-order valence-corrected chi connectivity index (χ3v) is 13.0. The molecule has 0 aliphatic carbocycles. The Hall–Kier alpha value is -2.30. The highest BCUT2D eigenvalue weighted by molar-refractivity contribution is 7.80. The molecule has 388 valence electrons. The number of carbonyl (C=O) groups is 5. The van der Waals surface area contributed by atoms with Crippen LogP contribution in [0.3, 0.4) is 0 Å². The van der Waals surface area contributed by atoms with Crippen molar-refractivity contribution in [3.05, 3.63) is 0 Å². The van der Waals surface area contributed by atoms with Gasteiger partial charge in [-0.2, -0.15) is 12.6 Å². The molecule has 1 atom stereocenters. The molecule has 0 radical (unpaired) electrons. The summed E-state index contributed by atoms with van der Waals surface area (Å²) >= 11 is 4.29. The summed E-state index contributed by atoms with van der Waals surface area (Å²) in [4.78, 5) is 61.2. The number of hydrogen-bond acceptors (Lipinski definition) is 9. The average Bonchev–Trinajstić information content (AvgIpc) is 3.31. The Morgan fingerprint density at radius 2 is 0.697 bits per heavy atom. The molecule has 10 nitrogen and oxygen atoms in total. The second-order valence-corrected chi connectivity index (χ2v) is 19.5. The largest absolute Gasteiger partial charge is 0.462 e. The van der Waals surface area contributed by atoms with Gasteiger partial charge >= 0.3 is 17.9 Å². The van der Waals surface area contributed by atoms with E-state index in [1.165, 1.54) is 141 Å². The first-order valence-electron chi connectivity index (χ1n) is 27.9. The highest BCUT2D eigenvalue weighted by atomic mass is 32.1. The van der Waals surface area contributed by atoms with Crippen molar-refractivity contribution in [1.82, 2.24) is 10.6 Å². The van der Waals surface area contributed by atoms with Crippen LogP contribution >= 0.6 is 12.6 Å². The van der Waals surface area contributed by atoms with E-state index in [0.717, 1.165) is 102 Å². The molecule has 0 rings (SSSR count). The number of amides is 2. The number of hydrogen-bond donors (Lipinski definition) is 3. The van der Waals surface area contributed by atoms with Crippen molar-refractivity contribution in [1.29, 1.82) is 0 Å². The van der Waals surface area contributed by atoms with Gasteiger partial charge in [-0.15, -0.1) is 0 Å². The van der Waals surface area contributed by atoms with Gasteiger partial charge in [-0.25, -0.2) is 0 Å². The summed E-state index contributed by atoms with van der Waals surface area (Å²) in [5.41, 5.74) is 0. The van der Waals surface area contributed by atoms with Gasteiger partial charge in [-0.1, -0.05) is 212 Å². The van der Waals surface area contributed by atoms with E-state index in [1.54, 1.807) is 7.05 Å². The predicted octanol–water partition coefficient (Wildman–Crippen LogP) is 14.6. The minimum absolute atomic E-state index is 0.0111. The van der Waals surface area contributed by atoms with Gasteiger partial charge in [-0.3, -0.25) is 24.0 Å². The van der Waals surface area contributed by atoms with Gasteiger partial charge in [-0.05, 0) is 44.3 Å². The van der Waals surface area contributed by atoms with Gasteiger partial charge in [0.05, 0.1) is 0 Å². The summed E-state index contributed by atoms with van der Waals surface area (Å²) in [5, 5.41) is 5.51. The number of ether oxygens (including phenoxy) is 3. The SMILES string of the molecule is CCCCCCCCCCCCCCCCCC(=O)OC[C@@H](COC(=O)CCCCCCCCCCCNC(=O)CCCC(=O)NC)OC(=O)CCCCCCCCCCCCCCCS. The number of nitrogens with one attached hydrogen (secondary N) is 2. The molecule has 66 heavy (non-hydrogen) atoms. The minimum Gasteiger partial charge on any atom is -0.462 e. The summed E-state index contributed by atoms with van der Waals surface area (Å²) in [6, 6.07) is 0. The highest BCUT2D eigenvalue weighted by Crippen LogP contribution is 2.17. The fourth-order valence-electron chi connectivity index (χ4n) is 8.33. The van der Waals surface area contributed by atoms with E-state index in [-0.39, 0.29) is 42.9 Å². The van der Waals surface area contributed by atoms with Crippen molar-refractivity contribution in [2.45, 2.75) is 289 Å². The molecular weight excluding hydrogens is 849 g/mol. The van der Waals surface area contributed by atoms with Crippen LogP contribution in [0, 0.1) is 0 Å². The van der Waals surface area contributed by atoms with Crippen molar-refractivity contribution >= 4 is 42.4 Å². The van der Waals surface area contributed by atoms with E-state index < -0.39 is 6.10 Å². The number of carbonyl (C=O) groups excluding carboxylic acids is 5. The van der Waals surface area contributed by atoms with Crippen LogP contribution in [0.5, 0.6) is 0 Å². The molecule has 0 aliphatic rings. The Kier molecular flexibility index (Phi) is 50.3. The summed E-state index contributed by atoms with van der Waals surface area (Å²) in [5.74, 6) is 0.0316. The second-order valence-electron chi connectivity index (χ2n) is 19.1. The zero-order chi connectivity index (χ0) is 48.2. The molecule has 2 amide bonds. The lowest BCUT2D eigenvalue weighted by atomic mass is 10.0. The number of thiol groups is 1. The zero-order valence-corrected chi connectivity index (χ0v) is 43.9. The quantitative estimate of drug-likeness (QED) is 0.0237. The molecular formula is C55H104N2O8S. The van der Waals surface area contributed by atoms with Crippen molar-refractivity contribution in [2.75, 3.05) is 32.6 Å². The van der Waals surface area contributed by atoms with E-state index >= 15 is 0 Å². The van der Waals surface area contributed by atoms with Crippen LogP contribution in [0.2, 0.25) is 0 Å². The number of rotatable bonds is 52. The van der Waals surface area contributed by atoms with E-state index in [1.807, 2.05) is 0 Å². The van der Waals surface area contributed by atoms with E-state index in [4.69, 9.17) is 14.2 Å². The van der Waals surface area contributed by atoms with Crippen molar-refractivity contribution in [3.8, 4) is 0 Å². The summed E-state index contributed by atoms with van der Waals surface area (Å²) in [6.45, 7) is 2.75. The maximum Gasteiger partial charge on any atom is 0.306 e. The molecule has 0 heterocycles. The lowest BCUT2D eigenvalue weighted by Crippen LogP contribution is -2.30. The highest BCUT2D eigenvalue weighted by Gasteiger charge is 2.19. The number of esters is 3. The maximum atomic E-state index is 12.8. The van der Waals surface area contributed by atoms with Gasteiger partial charge < -0.3 is 24.8 Å². The first-order chi connectivity index (χ1) is 32.3. The van der Waals surface area contributed by atoms with Gasteiger partial charge in [0.15, 0.2) is 6.10 Å². The lowest BCUT2D eigenvalue weighted by molar-refractivity contribution is -0.167. The molecule has 0 aromatic rings. The lowest BCUT2D eigenvalue weighted by Gasteiger charge is -2.18. The summed E-state index contributed by atoms with van der Waals surface area (Å²) in [6.07, 6.45) is 45.7. The minimum atomic E-state index is -0.800. The Bertz CT molecular complexity index is 1120. The molecule has 0 aromatic heterocycles. The predicted molar refractivity (Wildman–Crippen MR) is 277 cm³/mol. The number of unbranched alkanes of at least 4 members (excludes halogenated alkanes) is 34. The van der Waals surface area contributed by atoms with Crippen LogP contribution in [-0.4, -0.2) is 68.4 Å². The molecule has 0 saturated carbocycles. The topological polar surface area (TPSA) is 137 Å². The normalized spacial score (nSPS) is 11.6. The fraction of sp³-hybridized carbons (Fsp3) is 0.909. The van der Waals surface area contributed by atoms with Gasteiger partial charge in [0.2, 0.25) is 11.8 Å². The molecule has 0 aliphatic heterocycles. The first-order valence-corrected chi connectivity index (χ1v) is 28.5. The second kappa shape index (κ2) is 52.1. The van der Waals surface area contributed by atoms with Crippen LogP contribution in [0.1, 0.15) is 283 Å². The first kappa shape index (κ1) is 63.7. The molecule has 0 aromatic carbocycles. The Balaban J connectivity index is 4.32. The van der Waals surface area contributed by atoms with E-state index in [9.17, 15) is 24.0 Å². The molecule has 2 N–H and O–H groups in total. The van der Waals surface area contributed by atoms with Crippen molar-refractivity contribution < 1.29 is 38.2 Å². The molecule has 11 heteroatoms. The Labute approximate surface area is 411 Å². The smallest absolute Gasteiger partial charge is 0.306 e. The zero-order valence-electron chi connectivity index (χ0n) is 43.0. The monoisotopic (exact) mass is 953 g/mol. The van der Waals surface area contributed by atoms with Crippen molar-refractivity contribution in [2.24, 2.45) is 0 Å². The van der Waals surface area contributed by atoms with Gasteiger partial charge in [0.1, 0.15) is 13.2 Å². The fourth-order valence-corrected chi connectivity index (χ4v) is 8.55. The standard InChI is InChI=1S/C55H104N2O8S/c1-3-4-5-6-7-8-9-10-11-13-16-20-25-30-35-43-53(60)63-48-50(65-55(62)45-37-32-27-21-17-14-12-15-18-24-29-34-39-47-66)49-64-54(61)44-36-31-26-22-19-23-28-33-38-46-57-52(59)42-40-41-51(58)56-2/h50,66H,3-49H2,1-2H3,(H,56,58)(H,57,59)/t50-/m0/s1.